The normalized spacial score (nSPS) is 16.2. The number of rotatable bonds is 3. The monoisotopic (exact) mass is 363 g/mol. The van der Waals surface area contributed by atoms with E-state index in [1.807, 2.05) is 11.8 Å². The molecule has 0 saturated carbocycles. The number of hydrogen-bond donors (Lipinski definition) is 0. The van der Waals surface area contributed by atoms with Gasteiger partial charge in [-0.2, -0.15) is 0 Å². The van der Waals surface area contributed by atoms with Gasteiger partial charge in [-0.3, -0.25) is 4.79 Å². The Balaban J connectivity index is 1.74. The molecule has 0 aliphatic carbocycles. The van der Waals surface area contributed by atoms with Gasteiger partial charge in [-0.05, 0) is 39.2 Å². The molecule has 0 unspecified atom stereocenters. The summed E-state index contributed by atoms with van der Waals surface area (Å²) >= 11 is 3.28. The van der Waals surface area contributed by atoms with Crippen LogP contribution in [0, 0.1) is 20.8 Å². The summed E-state index contributed by atoms with van der Waals surface area (Å²) in [6.07, 6.45) is 6.07. The number of amides is 1. The van der Waals surface area contributed by atoms with Gasteiger partial charge in [0.2, 0.25) is 5.91 Å². The van der Waals surface area contributed by atoms with Crippen LogP contribution >= 0.6 is 23.1 Å². The first kappa shape index (κ1) is 17.7. The third-order valence-corrected chi connectivity index (χ3v) is 6.71. The lowest BCUT2D eigenvalue weighted by atomic mass is 10.1. The summed E-state index contributed by atoms with van der Waals surface area (Å²) in [5.74, 6) is 1.50. The lowest BCUT2D eigenvalue weighted by Gasteiger charge is -2.24. The third-order valence-electron chi connectivity index (χ3n) is 4.65. The standard InChI is InChI=1S/C18H25N3OS2/c1-12-13(2)24-18-16(12)17(19-14(3)20-18)23-11-15(22)21-9-7-5-4-6-8-10-21/h4-11H2,1-3H3. The molecule has 0 bridgehead atoms. The molecule has 4 nitrogen and oxygen atoms in total. The number of aryl methyl sites for hydroxylation is 3. The van der Waals surface area contributed by atoms with Crippen LogP contribution in [0.2, 0.25) is 0 Å². The zero-order valence-corrected chi connectivity index (χ0v) is 16.4. The molecule has 1 aliphatic heterocycles. The summed E-state index contributed by atoms with van der Waals surface area (Å²) < 4.78 is 0. The Morgan fingerprint density at radius 1 is 1.08 bits per heavy atom. The Morgan fingerprint density at radius 2 is 1.75 bits per heavy atom. The van der Waals surface area contributed by atoms with Crippen molar-refractivity contribution in [3.8, 4) is 0 Å². The van der Waals surface area contributed by atoms with E-state index >= 15 is 0 Å². The van der Waals surface area contributed by atoms with E-state index in [0.29, 0.717) is 5.75 Å². The first-order valence-electron chi connectivity index (χ1n) is 8.71. The summed E-state index contributed by atoms with van der Waals surface area (Å²) in [5.41, 5.74) is 1.25. The Hall–Kier alpha value is -1.14. The van der Waals surface area contributed by atoms with Crippen molar-refractivity contribution in [2.75, 3.05) is 18.8 Å². The Bertz CT molecular complexity index is 733. The van der Waals surface area contributed by atoms with E-state index in [-0.39, 0.29) is 5.91 Å². The van der Waals surface area contributed by atoms with E-state index in [1.165, 1.54) is 29.7 Å². The van der Waals surface area contributed by atoms with Crippen molar-refractivity contribution >= 4 is 39.2 Å². The van der Waals surface area contributed by atoms with Crippen molar-refractivity contribution in [3.05, 3.63) is 16.3 Å². The lowest BCUT2D eigenvalue weighted by Crippen LogP contribution is -2.35. The predicted octanol–water partition coefficient (Wildman–Crippen LogP) is 4.50. The molecule has 0 radical (unpaired) electrons. The van der Waals surface area contributed by atoms with Crippen molar-refractivity contribution in [1.29, 1.82) is 0 Å². The van der Waals surface area contributed by atoms with E-state index in [1.54, 1.807) is 23.1 Å². The molecule has 0 atom stereocenters. The second kappa shape index (κ2) is 7.83. The fraction of sp³-hybridized carbons (Fsp3) is 0.611. The van der Waals surface area contributed by atoms with Gasteiger partial charge in [0.05, 0.1) is 5.75 Å². The highest BCUT2D eigenvalue weighted by molar-refractivity contribution is 8.00. The van der Waals surface area contributed by atoms with Gasteiger partial charge in [-0.25, -0.2) is 9.97 Å². The molecule has 0 spiro atoms. The fourth-order valence-corrected chi connectivity index (χ4v) is 5.31. The molecule has 1 saturated heterocycles. The molecule has 2 aromatic heterocycles. The molecule has 6 heteroatoms. The van der Waals surface area contributed by atoms with Gasteiger partial charge in [-0.15, -0.1) is 11.3 Å². The summed E-state index contributed by atoms with van der Waals surface area (Å²) in [6, 6.07) is 0. The number of carbonyl (C=O) groups excluding carboxylic acids is 1. The van der Waals surface area contributed by atoms with Crippen LogP contribution in [0.15, 0.2) is 5.03 Å². The Kier molecular flexibility index (Phi) is 5.76. The number of hydrogen-bond acceptors (Lipinski definition) is 5. The number of nitrogens with zero attached hydrogens (tertiary/aromatic N) is 3. The van der Waals surface area contributed by atoms with Crippen LogP contribution in [-0.2, 0) is 4.79 Å². The maximum Gasteiger partial charge on any atom is 0.232 e. The van der Waals surface area contributed by atoms with Gasteiger partial charge in [0.25, 0.3) is 0 Å². The first-order valence-corrected chi connectivity index (χ1v) is 10.5. The third kappa shape index (κ3) is 3.91. The zero-order valence-electron chi connectivity index (χ0n) is 14.7. The number of carbonyl (C=O) groups is 1. The highest BCUT2D eigenvalue weighted by Gasteiger charge is 2.18. The molecular formula is C18H25N3OS2. The van der Waals surface area contributed by atoms with Gasteiger partial charge in [0.15, 0.2) is 0 Å². The molecule has 130 valence electrons. The Morgan fingerprint density at radius 3 is 2.46 bits per heavy atom. The molecule has 24 heavy (non-hydrogen) atoms. The van der Waals surface area contributed by atoms with E-state index < -0.39 is 0 Å². The molecule has 0 aromatic carbocycles. The van der Waals surface area contributed by atoms with Crippen molar-refractivity contribution in [1.82, 2.24) is 14.9 Å². The molecule has 3 heterocycles. The summed E-state index contributed by atoms with van der Waals surface area (Å²) in [6.45, 7) is 7.99. The summed E-state index contributed by atoms with van der Waals surface area (Å²) in [5, 5.41) is 2.09. The second-order valence-corrected chi connectivity index (χ2v) is 8.64. The number of thiophene rings is 1. The second-order valence-electron chi connectivity index (χ2n) is 6.48. The van der Waals surface area contributed by atoms with Crippen LogP contribution < -0.4 is 0 Å². The molecular weight excluding hydrogens is 338 g/mol. The minimum absolute atomic E-state index is 0.246. The number of aromatic nitrogens is 2. The van der Waals surface area contributed by atoms with E-state index in [0.717, 1.165) is 47.0 Å². The lowest BCUT2D eigenvalue weighted by molar-refractivity contribution is -0.128. The maximum absolute atomic E-state index is 12.6. The van der Waals surface area contributed by atoms with Crippen LogP contribution in [0.25, 0.3) is 10.2 Å². The Labute approximate surface area is 152 Å². The quantitative estimate of drug-likeness (QED) is 0.595. The van der Waals surface area contributed by atoms with Crippen LogP contribution in [0.5, 0.6) is 0 Å². The average Bonchev–Trinajstić information content (AvgIpc) is 2.78. The van der Waals surface area contributed by atoms with Gasteiger partial charge >= 0.3 is 0 Å². The first-order chi connectivity index (χ1) is 11.6. The smallest absolute Gasteiger partial charge is 0.232 e. The topological polar surface area (TPSA) is 46.1 Å². The zero-order chi connectivity index (χ0) is 17.1. The molecule has 2 aromatic rings. The molecule has 1 fully saturated rings. The molecule has 1 amide bonds. The predicted molar refractivity (Wildman–Crippen MR) is 102 cm³/mol. The maximum atomic E-state index is 12.6. The van der Waals surface area contributed by atoms with Gasteiger partial charge < -0.3 is 4.90 Å². The summed E-state index contributed by atoms with van der Waals surface area (Å²) in [7, 11) is 0. The van der Waals surface area contributed by atoms with Crippen LogP contribution in [-0.4, -0.2) is 39.6 Å². The van der Waals surface area contributed by atoms with Crippen LogP contribution in [0.1, 0.15) is 48.4 Å². The molecule has 0 N–H and O–H groups in total. The van der Waals surface area contributed by atoms with Gasteiger partial charge in [0.1, 0.15) is 15.7 Å². The van der Waals surface area contributed by atoms with Crippen molar-refractivity contribution < 1.29 is 4.79 Å². The van der Waals surface area contributed by atoms with Crippen molar-refractivity contribution in [3.63, 3.8) is 0 Å². The summed E-state index contributed by atoms with van der Waals surface area (Å²) in [4.78, 5) is 26.1. The largest absolute Gasteiger partial charge is 0.342 e. The molecule has 3 rings (SSSR count). The number of likely N-dealkylation sites (tertiary alicyclic amines) is 1. The SMILES string of the molecule is Cc1nc(SCC(=O)N2CCCCCCC2)c2c(C)c(C)sc2n1. The number of thioether (sulfide) groups is 1. The number of fused-ring (bicyclic) bond motifs is 1. The van der Waals surface area contributed by atoms with Crippen LogP contribution in [0.3, 0.4) is 0 Å². The minimum atomic E-state index is 0.246. The van der Waals surface area contributed by atoms with E-state index in [4.69, 9.17) is 0 Å². The highest BCUT2D eigenvalue weighted by atomic mass is 32.2. The van der Waals surface area contributed by atoms with Crippen molar-refractivity contribution in [2.24, 2.45) is 0 Å². The highest BCUT2D eigenvalue weighted by Crippen LogP contribution is 2.35. The van der Waals surface area contributed by atoms with Crippen molar-refractivity contribution in [2.45, 2.75) is 57.9 Å². The minimum Gasteiger partial charge on any atom is -0.342 e. The average molecular weight is 364 g/mol. The van der Waals surface area contributed by atoms with Gasteiger partial charge in [-0.1, -0.05) is 31.0 Å². The van der Waals surface area contributed by atoms with E-state index in [9.17, 15) is 4.79 Å². The van der Waals surface area contributed by atoms with Crippen LogP contribution in [0.4, 0.5) is 0 Å². The van der Waals surface area contributed by atoms with Gasteiger partial charge in [0, 0.05) is 23.4 Å². The van der Waals surface area contributed by atoms with E-state index in [2.05, 4.69) is 23.8 Å². The molecule has 1 aliphatic rings. The fourth-order valence-electron chi connectivity index (χ4n) is 3.14.